The van der Waals surface area contributed by atoms with Gasteiger partial charge in [-0.2, -0.15) is 8.42 Å². The Morgan fingerprint density at radius 2 is 1.73 bits per heavy atom. The van der Waals surface area contributed by atoms with Crippen LogP contribution in [0.5, 0.6) is 0 Å². The molecule has 5 rings (SSSR count). The maximum Gasteiger partial charge on any atom is 0.314 e. The van der Waals surface area contributed by atoms with Gasteiger partial charge < -0.3 is 25.8 Å². The van der Waals surface area contributed by atoms with Gasteiger partial charge >= 0.3 is 11.8 Å². The number of aryl methyl sites for hydroxylation is 1. The molecular formula is C31H38ClN7O7S2. The van der Waals surface area contributed by atoms with Gasteiger partial charge in [-0.1, -0.05) is 29.3 Å². The summed E-state index contributed by atoms with van der Waals surface area (Å²) >= 11 is 7.17. The van der Waals surface area contributed by atoms with Gasteiger partial charge in [0.1, 0.15) is 5.82 Å². The molecule has 1 saturated carbocycles. The van der Waals surface area contributed by atoms with Crippen molar-refractivity contribution >= 4 is 62.5 Å². The minimum absolute atomic E-state index is 0.0386. The molecule has 1 aliphatic heterocycles. The van der Waals surface area contributed by atoms with Gasteiger partial charge in [-0.3, -0.25) is 23.7 Å². The Kier molecular flexibility index (Phi) is 12.3. The van der Waals surface area contributed by atoms with Crippen LogP contribution in [-0.2, 0) is 37.5 Å². The van der Waals surface area contributed by atoms with E-state index >= 15 is 0 Å². The predicted molar refractivity (Wildman–Crippen MR) is 180 cm³/mol. The number of nitrogens with one attached hydrogen (secondary N) is 3. The van der Waals surface area contributed by atoms with Crippen molar-refractivity contribution in [3.63, 3.8) is 0 Å². The standard InChI is InChI=1S/C24H30ClN7O4S.C7H8O3S/c1-31(2)24(36)13-4-6-15(27-20(33)21(34)30-19-7-5-14(25)11-26-19)17(10-13)28-22(35)23-29-16-8-9-32(3)12-18(16)37-23;1-6-2-4-7(5-3-6)11(8,9)10/h5,7,11,13,15,17H,4,6,8-10,12H2,1-3H3,(H,27,33)(H,28,35)(H,26,30,34);2-5H,1H3,(H,8,9,10)/t13-,15-,17+;/m1./s1. The van der Waals surface area contributed by atoms with E-state index in [9.17, 15) is 27.6 Å². The summed E-state index contributed by atoms with van der Waals surface area (Å²) in [6, 6.07) is 7.93. The van der Waals surface area contributed by atoms with E-state index in [-0.39, 0.29) is 28.4 Å². The van der Waals surface area contributed by atoms with Crippen LogP contribution in [0, 0.1) is 12.8 Å². The number of benzene rings is 1. The van der Waals surface area contributed by atoms with Crippen molar-refractivity contribution in [2.75, 3.05) is 33.0 Å². The molecule has 1 aromatic carbocycles. The molecule has 2 aliphatic rings. The highest BCUT2D eigenvalue weighted by molar-refractivity contribution is 7.85. The lowest BCUT2D eigenvalue weighted by molar-refractivity contribution is -0.137. The molecule has 0 radical (unpaired) electrons. The fourth-order valence-electron chi connectivity index (χ4n) is 5.31. The number of pyridine rings is 1. The molecule has 3 heterocycles. The Hall–Kier alpha value is -3.96. The molecule has 0 saturated heterocycles. The fraction of sp³-hybridized carbons (Fsp3) is 0.419. The topological polar surface area (TPSA) is 191 Å². The van der Waals surface area contributed by atoms with E-state index in [1.165, 1.54) is 40.6 Å². The Balaban J connectivity index is 0.000000401. The Labute approximate surface area is 288 Å². The molecule has 17 heteroatoms. The van der Waals surface area contributed by atoms with E-state index in [1.54, 1.807) is 32.3 Å². The number of hydrogen-bond acceptors (Lipinski definition) is 10. The maximum atomic E-state index is 13.2. The summed E-state index contributed by atoms with van der Waals surface area (Å²) in [6.07, 6.45) is 3.42. The van der Waals surface area contributed by atoms with Crippen molar-refractivity contribution in [2.24, 2.45) is 5.92 Å². The van der Waals surface area contributed by atoms with Crippen LogP contribution < -0.4 is 16.0 Å². The first-order chi connectivity index (χ1) is 22.6. The van der Waals surface area contributed by atoms with Gasteiger partial charge in [-0.15, -0.1) is 11.3 Å². The van der Waals surface area contributed by atoms with Gasteiger partial charge in [0, 0.05) is 56.6 Å². The Morgan fingerprint density at radius 1 is 1.02 bits per heavy atom. The first-order valence-electron chi connectivity index (χ1n) is 15.1. The van der Waals surface area contributed by atoms with Crippen molar-refractivity contribution in [2.45, 2.75) is 56.1 Å². The van der Waals surface area contributed by atoms with Crippen molar-refractivity contribution in [3.05, 3.63) is 68.8 Å². The zero-order valence-electron chi connectivity index (χ0n) is 26.9. The number of carbonyl (C=O) groups is 4. The number of likely N-dealkylation sites (N-methyl/N-ethyl adjacent to an activating group) is 1. The van der Waals surface area contributed by atoms with Crippen LogP contribution in [0.1, 0.15) is 45.2 Å². The van der Waals surface area contributed by atoms with E-state index in [1.807, 2.05) is 14.0 Å². The first kappa shape index (κ1) is 36.9. The molecule has 0 spiro atoms. The van der Waals surface area contributed by atoms with Gasteiger partial charge in [-0.05, 0) is 57.5 Å². The van der Waals surface area contributed by atoms with E-state index in [0.717, 1.165) is 35.6 Å². The molecule has 14 nitrogen and oxygen atoms in total. The van der Waals surface area contributed by atoms with E-state index < -0.39 is 34.0 Å². The maximum absolute atomic E-state index is 13.2. The highest BCUT2D eigenvalue weighted by Gasteiger charge is 2.37. The third-order valence-electron chi connectivity index (χ3n) is 7.88. The summed E-state index contributed by atoms with van der Waals surface area (Å²) in [4.78, 5) is 64.2. The molecule has 2 aromatic heterocycles. The molecule has 48 heavy (non-hydrogen) atoms. The molecule has 258 valence electrons. The SMILES string of the molecule is CN1CCc2nc(C(=O)N[C@H]3C[C@H](C(=O)N(C)C)CC[C@H]3NC(=O)C(=O)Nc3ccc(Cl)cn3)sc2C1.Cc1ccc(S(=O)(=O)O)cc1. The molecule has 1 fully saturated rings. The molecule has 3 atom stereocenters. The van der Waals surface area contributed by atoms with E-state index in [0.29, 0.717) is 29.3 Å². The van der Waals surface area contributed by atoms with Crippen LogP contribution in [0.2, 0.25) is 5.02 Å². The van der Waals surface area contributed by atoms with Gasteiger partial charge in [0.25, 0.3) is 16.0 Å². The number of anilines is 1. The molecule has 4 N–H and O–H groups in total. The monoisotopic (exact) mass is 719 g/mol. The zero-order chi connectivity index (χ0) is 35.2. The van der Waals surface area contributed by atoms with Crippen LogP contribution in [-0.4, -0.2) is 96.1 Å². The lowest BCUT2D eigenvalue weighted by Crippen LogP contribution is -2.57. The second kappa shape index (κ2) is 16.0. The Bertz CT molecular complexity index is 1750. The first-order valence-corrected chi connectivity index (χ1v) is 17.7. The van der Waals surface area contributed by atoms with Crippen LogP contribution in [0.3, 0.4) is 0 Å². The number of halogens is 1. The van der Waals surface area contributed by atoms with Crippen molar-refractivity contribution in [1.29, 1.82) is 0 Å². The van der Waals surface area contributed by atoms with Crippen molar-refractivity contribution in [1.82, 2.24) is 30.4 Å². The summed E-state index contributed by atoms with van der Waals surface area (Å²) in [5.74, 6) is -2.25. The predicted octanol–water partition coefficient (Wildman–Crippen LogP) is 2.53. The zero-order valence-corrected chi connectivity index (χ0v) is 29.3. The Morgan fingerprint density at radius 3 is 2.35 bits per heavy atom. The molecule has 0 unspecified atom stereocenters. The molecule has 4 amide bonds. The van der Waals surface area contributed by atoms with E-state index in [4.69, 9.17) is 16.2 Å². The number of aromatic nitrogens is 2. The lowest BCUT2D eigenvalue weighted by atomic mass is 9.81. The minimum Gasteiger partial charge on any atom is -0.349 e. The fourth-order valence-corrected chi connectivity index (χ4v) is 6.99. The molecule has 3 aromatic rings. The molecule has 1 aliphatic carbocycles. The van der Waals surface area contributed by atoms with Crippen LogP contribution in [0.15, 0.2) is 47.5 Å². The highest BCUT2D eigenvalue weighted by atomic mass is 35.5. The van der Waals surface area contributed by atoms with Gasteiger partial charge in [0.2, 0.25) is 5.91 Å². The second-order valence-corrected chi connectivity index (χ2v) is 14.8. The third-order valence-corrected chi connectivity index (χ3v) is 10.1. The summed E-state index contributed by atoms with van der Waals surface area (Å²) in [5.41, 5.74) is 1.90. The molecular weight excluding hydrogens is 682 g/mol. The number of nitrogens with zero attached hydrogens (tertiary/aromatic N) is 4. The van der Waals surface area contributed by atoms with Crippen molar-refractivity contribution in [3.8, 4) is 0 Å². The average Bonchev–Trinajstić information content (AvgIpc) is 3.46. The van der Waals surface area contributed by atoms with Gasteiger partial charge in [-0.25, -0.2) is 9.97 Å². The van der Waals surface area contributed by atoms with Crippen molar-refractivity contribution < 1.29 is 32.1 Å². The van der Waals surface area contributed by atoms with Gasteiger partial charge in [0.15, 0.2) is 5.01 Å². The third kappa shape index (κ3) is 10.0. The normalized spacial score (nSPS) is 19.2. The van der Waals surface area contributed by atoms with Crippen LogP contribution >= 0.6 is 22.9 Å². The summed E-state index contributed by atoms with van der Waals surface area (Å²) in [7, 11) is 1.39. The summed E-state index contributed by atoms with van der Waals surface area (Å²) in [5, 5.41) is 8.91. The number of rotatable bonds is 6. The average molecular weight is 720 g/mol. The summed E-state index contributed by atoms with van der Waals surface area (Å²) < 4.78 is 29.6. The number of fused-ring (bicyclic) bond motifs is 1. The number of carbonyl (C=O) groups excluding carboxylic acids is 4. The van der Waals surface area contributed by atoms with Gasteiger partial charge in [0.05, 0.1) is 21.7 Å². The largest absolute Gasteiger partial charge is 0.349 e. The quantitative estimate of drug-likeness (QED) is 0.218. The number of amides is 4. The summed E-state index contributed by atoms with van der Waals surface area (Å²) in [6.45, 7) is 3.48. The lowest BCUT2D eigenvalue weighted by Gasteiger charge is -2.37. The molecule has 0 bridgehead atoms. The van der Waals surface area contributed by atoms with Crippen LogP contribution in [0.25, 0.3) is 0 Å². The van der Waals surface area contributed by atoms with E-state index in [2.05, 4.69) is 30.8 Å². The number of thiazole rings is 1. The van der Waals surface area contributed by atoms with Crippen LogP contribution in [0.4, 0.5) is 5.82 Å². The number of hydrogen-bond donors (Lipinski definition) is 4. The highest BCUT2D eigenvalue weighted by Crippen LogP contribution is 2.28. The second-order valence-electron chi connectivity index (χ2n) is 11.9. The smallest absolute Gasteiger partial charge is 0.314 e. The minimum atomic E-state index is -4.02.